The zero-order valence-corrected chi connectivity index (χ0v) is 11.9. The van der Waals surface area contributed by atoms with Crippen LogP contribution in [0.3, 0.4) is 0 Å². The molecule has 0 saturated carbocycles. The molecule has 0 aliphatic carbocycles. The average molecular weight is 291 g/mol. The number of benzene rings is 2. The summed E-state index contributed by atoms with van der Waals surface area (Å²) < 4.78 is 5.27. The summed E-state index contributed by atoms with van der Waals surface area (Å²) in [4.78, 5) is 16.9. The number of hydrogen-bond acceptors (Lipinski definition) is 3. The first-order valence-electron chi connectivity index (χ1n) is 6.91. The Kier molecular flexibility index (Phi) is 2.72. The van der Waals surface area contributed by atoms with Crippen LogP contribution in [-0.2, 0) is 0 Å². The van der Waals surface area contributed by atoms with Gasteiger partial charge < -0.3 is 4.74 Å². The number of H-pyrrole nitrogens is 2. The van der Waals surface area contributed by atoms with E-state index in [9.17, 15) is 4.79 Å². The number of nitrogens with one attached hydrogen (secondary N) is 2. The lowest BCUT2D eigenvalue weighted by Crippen LogP contribution is -1.99. The molecule has 108 valence electrons. The lowest BCUT2D eigenvalue weighted by molar-refractivity contribution is 0.415. The number of fused-ring (bicyclic) bond motifs is 3. The maximum atomic E-state index is 12.2. The van der Waals surface area contributed by atoms with Crippen molar-refractivity contribution < 1.29 is 4.74 Å². The number of aromatic amines is 2. The van der Waals surface area contributed by atoms with Crippen LogP contribution in [0.4, 0.5) is 0 Å². The van der Waals surface area contributed by atoms with E-state index in [0.29, 0.717) is 10.9 Å². The van der Waals surface area contributed by atoms with Gasteiger partial charge in [-0.15, -0.1) is 0 Å². The molecule has 2 aromatic carbocycles. The normalized spacial score (nSPS) is 11.1. The highest BCUT2D eigenvalue weighted by molar-refractivity contribution is 6.08. The van der Waals surface area contributed by atoms with Crippen molar-refractivity contribution in [3.63, 3.8) is 0 Å². The second-order valence-electron chi connectivity index (χ2n) is 5.04. The fourth-order valence-corrected chi connectivity index (χ4v) is 2.73. The van der Waals surface area contributed by atoms with E-state index in [1.54, 1.807) is 7.11 Å². The molecule has 5 nitrogen and oxygen atoms in total. The molecule has 2 heterocycles. The van der Waals surface area contributed by atoms with E-state index in [2.05, 4.69) is 10.2 Å². The standard InChI is InChI=1S/C17H13N3O2/c1-22-11-6-4-5-10(9-11)15-16-14(17(21)20-19-16)12-7-2-3-8-13(12)18-15/h2-9H,1H3,(H2,19,20,21). The van der Waals surface area contributed by atoms with Crippen molar-refractivity contribution in [3.8, 4) is 17.0 Å². The Hall–Kier alpha value is -3.08. The molecule has 22 heavy (non-hydrogen) atoms. The Morgan fingerprint density at radius 3 is 2.77 bits per heavy atom. The quantitative estimate of drug-likeness (QED) is 0.596. The SMILES string of the molecule is COc1cccc(-c2nc3ccccc3c3c(=O)[nH][nH]c23)c1. The van der Waals surface area contributed by atoms with Crippen LogP contribution < -0.4 is 10.3 Å². The van der Waals surface area contributed by atoms with E-state index in [1.807, 2.05) is 48.5 Å². The van der Waals surface area contributed by atoms with E-state index in [1.165, 1.54) is 0 Å². The van der Waals surface area contributed by atoms with Crippen LogP contribution in [0.25, 0.3) is 33.1 Å². The average Bonchev–Trinajstić information content (AvgIpc) is 2.96. The van der Waals surface area contributed by atoms with Gasteiger partial charge >= 0.3 is 0 Å². The molecular formula is C17H13N3O2. The number of rotatable bonds is 2. The predicted octanol–water partition coefficient (Wildman–Crippen LogP) is 3.08. The van der Waals surface area contributed by atoms with Crippen LogP contribution in [0.1, 0.15) is 0 Å². The zero-order chi connectivity index (χ0) is 15.1. The lowest BCUT2D eigenvalue weighted by atomic mass is 10.1. The van der Waals surface area contributed by atoms with Gasteiger partial charge in [-0.2, -0.15) is 0 Å². The predicted molar refractivity (Wildman–Crippen MR) is 86.2 cm³/mol. The van der Waals surface area contributed by atoms with Gasteiger partial charge in [-0.25, -0.2) is 4.98 Å². The highest BCUT2D eigenvalue weighted by Gasteiger charge is 2.14. The van der Waals surface area contributed by atoms with Gasteiger partial charge in [-0.1, -0.05) is 30.3 Å². The molecule has 0 amide bonds. The maximum Gasteiger partial charge on any atom is 0.272 e. The van der Waals surface area contributed by atoms with Crippen LogP contribution in [-0.4, -0.2) is 22.3 Å². The number of hydrogen-bond donors (Lipinski definition) is 2. The summed E-state index contributed by atoms with van der Waals surface area (Å²) >= 11 is 0. The number of pyridine rings is 1. The smallest absolute Gasteiger partial charge is 0.272 e. The molecule has 0 atom stereocenters. The summed E-state index contributed by atoms with van der Waals surface area (Å²) in [6.07, 6.45) is 0. The maximum absolute atomic E-state index is 12.2. The Bertz CT molecular complexity index is 1050. The van der Waals surface area contributed by atoms with Gasteiger partial charge in [0, 0.05) is 10.9 Å². The van der Waals surface area contributed by atoms with Crippen LogP contribution in [0.2, 0.25) is 0 Å². The topological polar surface area (TPSA) is 70.8 Å². The second kappa shape index (κ2) is 4.73. The van der Waals surface area contributed by atoms with Gasteiger partial charge in [0.15, 0.2) is 0 Å². The fourth-order valence-electron chi connectivity index (χ4n) is 2.73. The molecule has 4 aromatic rings. The summed E-state index contributed by atoms with van der Waals surface area (Å²) in [7, 11) is 1.63. The van der Waals surface area contributed by atoms with Crippen LogP contribution in [0.15, 0.2) is 53.3 Å². The van der Waals surface area contributed by atoms with Crippen molar-refractivity contribution in [1.82, 2.24) is 15.2 Å². The number of ether oxygens (including phenoxy) is 1. The minimum Gasteiger partial charge on any atom is -0.497 e. The van der Waals surface area contributed by atoms with Gasteiger partial charge in [0.25, 0.3) is 5.56 Å². The number of methoxy groups -OCH3 is 1. The first-order valence-corrected chi connectivity index (χ1v) is 6.91. The summed E-state index contributed by atoms with van der Waals surface area (Å²) in [5, 5.41) is 7.07. The third kappa shape index (κ3) is 1.79. The summed E-state index contributed by atoms with van der Waals surface area (Å²) in [6, 6.07) is 15.3. The first kappa shape index (κ1) is 12.6. The minimum atomic E-state index is -0.141. The Morgan fingerprint density at radius 1 is 1.05 bits per heavy atom. The molecule has 0 unspecified atom stereocenters. The van der Waals surface area contributed by atoms with Crippen LogP contribution in [0, 0.1) is 0 Å². The summed E-state index contributed by atoms with van der Waals surface area (Å²) in [5.41, 5.74) is 2.98. The molecule has 0 radical (unpaired) electrons. The van der Waals surface area contributed by atoms with E-state index < -0.39 is 0 Å². The van der Waals surface area contributed by atoms with E-state index in [4.69, 9.17) is 9.72 Å². The molecule has 0 aliphatic heterocycles. The van der Waals surface area contributed by atoms with E-state index in [-0.39, 0.29) is 5.56 Å². The van der Waals surface area contributed by atoms with Crippen molar-refractivity contribution in [3.05, 3.63) is 58.9 Å². The summed E-state index contributed by atoms with van der Waals surface area (Å²) in [5.74, 6) is 0.749. The molecule has 0 spiro atoms. The summed E-state index contributed by atoms with van der Waals surface area (Å²) in [6.45, 7) is 0. The Labute approximate surface area is 125 Å². The van der Waals surface area contributed by atoms with Gasteiger partial charge in [-0.05, 0) is 18.2 Å². The number of aromatic nitrogens is 3. The largest absolute Gasteiger partial charge is 0.497 e. The Balaban J connectivity index is 2.14. The van der Waals surface area contributed by atoms with Crippen molar-refractivity contribution in [2.75, 3.05) is 7.11 Å². The van der Waals surface area contributed by atoms with Gasteiger partial charge in [-0.3, -0.25) is 15.0 Å². The van der Waals surface area contributed by atoms with Crippen molar-refractivity contribution in [1.29, 1.82) is 0 Å². The highest BCUT2D eigenvalue weighted by Crippen LogP contribution is 2.30. The van der Waals surface area contributed by atoms with Gasteiger partial charge in [0.1, 0.15) is 5.75 Å². The molecule has 0 fully saturated rings. The zero-order valence-electron chi connectivity index (χ0n) is 11.9. The van der Waals surface area contributed by atoms with Crippen molar-refractivity contribution in [2.24, 2.45) is 0 Å². The van der Waals surface area contributed by atoms with Gasteiger partial charge in [0.2, 0.25) is 0 Å². The van der Waals surface area contributed by atoms with Gasteiger partial charge in [0.05, 0.1) is 29.2 Å². The molecule has 4 rings (SSSR count). The number of para-hydroxylation sites is 1. The highest BCUT2D eigenvalue weighted by atomic mass is 16.5. The monoisotopic (exact) mass is 291 g/mol. The molecule has 5 heteroatoms. The molecule has 0 saturated heterocycles. The first-order chi connectivity index (χ1) is 10.8. The molecule has 0 aliphatic rings. The van der Waals surface area contributed by atoms with E-state index in [0.717, 1.165) is 27.9 Å². The molecule has 2 aromatic heterocycles. The second-order valence-corrected chi connectivity index (χ2v) is 5.04. The third-order valence-corrected chi connectivity index (χ3v) is 3.76. The third-order valence-electron chi connectivity index (χ3n) is 3.76. The Morgan fingerprint density at radius 2 is 1.91 bits per heavy atom. The number of nitrogens with zero attached hydrogens (tertiary/aromatic N) is 1. The van der Waals surface area contributed by atoms with Crippen LogP contribution in [0.5, 0.6) is 5.75 Å². The van der Waals surface area contributed by atoms with E-state index >= 15 is 0 Å². The van der Waals surface area contributed by atoms with Crippen molar-refractivity contribution >= 4 is 21.8 Å². The van der Waals surface area contributed by atoms with Crippen molar-refractivity contribution in [2.45, 2.75) is 0 Å². The lowest BCUT2D eigenvalue weighted by Gasteiger charge is -2.07. The molecule has 0 bridgehead atoms. The minimum absolute atomic E-state index is 0.141. The fraction of sp³-hybridized carbons (Fsp3) is 0.0588. The molecule has 2 N–H and O–H groups in total. The van der Waals surface area contributed by atoms with Crippen LogP contribution >= 0.6 is 0 Å². The molecular weight excluding hydrogens is 278 g/mol.